The molecule has 1 unspecified atom stereocenters. The van der Waals surface area contributed by atoms with Crippen LogP contribution in [-0.2, 0) is 11.8 Å². The number of benzene rings is 1. The second-order valence-electron chi connectivity index (χ2n) is 6.89. The first kappa shape index (κ1) is 18.9. The fourth-order valence-electron chi connectivity index (χ4n) is 2.61. The summed E-state index contributed by atoms with van der Waals surface area (Å²) in [7, 11) is 0. The Hall–Kier alpha value is -2.40. The first-order chi connectivity index (χ1) is 12.0. The number of carbonyl (C=O) groups excluding carboxylic acids is 1. The number of nitrogens with one attached hydrogen (secondary N) is 2. The lowest BCUT2D eigenvalue weighted by atomic mass is 9.85. The van der Waals surface area contributed by atoms with Crippen LogP contribution in [0.2, 0.25) is 0 Å². The molecule has 0 bridgehead atoms. The van der Waals surface area contributed by atoms with Crippen LogP contribution in [0.15, 0.2) is 54.7 Å². The van der Waals surface area contributed by atoms with E-state index in [-0.39, 0.29) is 24.0 Å². The molecular weight excluding hydrogens is 314 g/mol. The summed E-state index contributed by atoms with van der Waals surface area (Å²) < 4.78 is 0. The normalized spacial score (nSPS) is 12.4. The van der Waals surface area contributed by atoms with Gasteiger partial charge in [-0.15, -0.1) is 0 Å². The van der Waals surface area contributed by atoms with Crippen LogP contribution in [-0.4, -0.2) is 35.8 Å². The summed E-state index contributed by atoms with van der Waals surface area (Å²) in [5.74, 6) is -0.0530. The number of rotatable bonds is 8. The van der Waals surface area contributed by atoms with Crippen molar-refractivity contribution in [1.29, 1.82) is 0 Å². The van der Waals surface area contributed by atoms with Crippen LogP contribution in [0.1, 0.15) is 25.1 Å². The van der Waals surface area contributed by atoms with Gasteiger partial charge in [-0.25, -0.2) is 4.79 Å². The predicted octanol–water partition coefficient (Wildman–Crippen LogP) is 2.51. The minimum Gasteiger partial charge on any atom is -0.396 e. The van der Waals surface area contributed by atoms with Crippen LogP contribution in [0.5, 0.6) is 0 Å². The van der Waals surface area contributed by atoms with Gasteiger partial charge in [-0.2, -0.15) is 0 Å². The molecule has 0 saturated heterocycles. The van der Waals surface area contributed by atoms with E-state index in [0.717, 1.165) is 5.69 Å². The maximum atomic E-state index is 12.1. The average molecular weight is 341 g/mol. The van der Waals surface area contributed by atoms with Gasteiger partial charge >= 0.3 is 6.03 Å². The summed E-state index contributed by atoms with van der Waals surface area (Å²) >= 11 is 0. The van der Waals surface area contributed by atoms with Gasteiger partial charge in [0.15, 0.2) is 0 Å². The van der Waals surface area contributed by atoms with Gasteiger partial charge in [0.05, 0.1) is 0 Å². The van der Waals surface area contributed by atoms with E-state index in [0.29, 0.717) is 19.5 Å². The molecule has 1 atom stereocenters. The standard InChI is InChI=1S/C20H27N3O2/c1-20(2,17-8-4-3-5-9-17)15-23-19(25)22-13-16(14-24)12-18-10-6-7-11-21-18/h3-11,16,24H,12-15H2,1-2H3,(H2,22,23,25). The quantitative estimate of drug-likeness (QED) is 0.691. The van der Waals surface area contributed by atoms with Crippen molar-refractivity contribution in [2.45, 2.75) is 25.7 Å². The Labute approximate surface area is 149 Å². The van der Waals surface area contributed by atoms with Crippen molar-refractivity contribution in [1.82, 2.24) is 15.6 Å². The Bertz CT molecular complexity index is 645. The molecule has 1 aromatic carbocycles. The minimum absolute atomic E-state index is 0.00631. The number of nitrogens with zero attached hydrogens (tertiary/aromatic N) is 1. The second-order valence-corrected chi connectivity index (χ2v) is 6.89. The Kier molecular flexibility index (Phi) is 6.95. The minimum atomic E-state index is -0.219. The molecule has 1 aromatic heterocycles. The fraction of sp³-hybridized carbons (Fsp3) is 0.400. The molecule has 0 spiro atoms. The molecule has 2 amide bonds. The highest BCUT2D eigenvalue weighted by molar-refractivity contribution is 5.73. The van der Waals surface area contributed by atoms with Crippen LogP contribution in [0.4, 0.5) is 4.79 Å². The van der Waals surface area contributed by atoms with Gasteiger partial charge in [-0.1, -0.05) is 50.2 Å². The number of urea groups is 1. The van der Waals surface area contributed by atoms with E-state index in [2.05, 4.69) is 41.6 Å². The highest BCUT2D eigenvalue weighted by Crippen LogP contribution is 2.21. The molecule has 5 heteroatoms. The van der Waals surface area contributed by atoms with Crippen molar-refractivity contribution in [2.24, 2.45) is 5.92 Å². The Morgan fingerprint density at radius 2 is 1.84 bits per heavy atom. The summed E-state index contributed by atoms with van der Waals surface area (Å²) in [6, 6.07) is 15.6. The van der Waals surface area contributed by atoms with Crippen molar-refractivity contribution < 1.29 is 9.90 Å². The van der Waals surface area contributed by atoms with E-state index in [1.165, 1.54) is 5.56 Å². The molecule has 0 saturated carbocycles. The number of pyridine rings is 1. The van der Waals surface area contributed by atoms with Crippen molar-refractivity contribution in [2.75, 3.05) is 19.7 Å². The van der Waals surface area contributed by atoms with E-state index in [9.17, 15) is 9.90 Å². The number of amides is 2. The van der Waals surface area contributed by atoms with Gasteiger partial charge in [0.1, 0.15) is 0 Å². The van der Waals surface area contributed by atoms with Crippen molar-refractivity contribution in [3.8, 4) is 0 Å². The number of carbonyl (C=O) groups is 1. The number of aromatic nitrogens is 1. The SMILES string of the molecule is CC(C)(CNC(=O)NCC(CO)Cc1ccccn1)c1ccccc1. The topological polar surface area (TPSA) is 74.2 Å². The second kappa shape index (κ2) is 9.18. The van der Waals surface area contributed by atoms with E-state index >= 15 is 0 Å². The third kappa shape index (κ3) is 6.19. The van der Waals surface area contributed by atoms with E-state index in [1.54, 1.807) is 6.20 Å². The Morgan fingerprint density at radius 3 is 2.48 bits per heavy atom. The molecule has 3 N–H and O–H groups in total. The molecule has 2 rings (SSSR count). The lowest BCUT2D eigenvalue weighted by Gasteiger charge is -2.26. The molecule has 25 heavy (non-hydrogen) atoms. The summed E-state index contributed by atoms with van der Waals surface area (Å²) in [5, 5.41) is 15.3. The molecule has 0 fully saturated rings. The highest BCUT2D eigenvalue weighted by Gasteiger charge is 2.21. The maximum absolute atomic E-state index is 12.1. The Balaban J connectivity index is 1.77. The molecule has 134 valence electrons. The van der Waals surface area contributed by atoms with Crippen LogP contribution in [0.3, 0.4) is 0 Å². The number of aliphatic hydroxyl groups is 1. The third-order valence-corrected chi connectivity index (χ3v) is 4.28. The van der Waals surface area contributed by atoms with Crippen LogP contribution >= 0.6 is 0 Å². The third-order valence-electron chi connectivity index (χ3n) is 4.28. The number of hydrogen-bond acceptors (Lipinski definition) is 3. The molecule has 0 aliphatic rings. The van der Waals surface area contributed by atoms with Crippen LogP contribution < -0.4 is 10.6 Å². The van der Waals surface area contributed by atoms with Gasteiger partial charge < -0.3 is 15.7 Å². The number of hydrogen-bond donors (Lipinski definition) is 3. The first-order valence-corrected chi connectivity index (χ1v) is 8.59. The summed E-state index contributed by atoms with van der Waals surface area (Å²) in [4.78, 5) is 16.3. The fourth-order valence-corrected chi connectivity index (χ4v) is 2.61. The smallest absolute Gasteiger partial charge is 0.314 e. The largest absolute Gasteiger partial charge is 0.396 e. The molecule has 0 aliphatic carbocycles. The summed E-state index contributed by atoms with van der Waals surface area (Å²) in [6.07, 6.45) is 2.36. The zero-order chi connectivity index (χ0) is 18.1. The first-order valence-electron chi connectivity index (χ1n) is 8.59. The number of aliphatic hydroxyl groups excluding tert-OH is 1. The maximum Gasteiger partial charge on any atom is 0.314 e. The van der Waals surface area contributed by atoms with E-state index in [4.69, 9.17) is 0 Å². The van der Waals surface area contributed by atoms with Gasteiger partial charge in [0, 0.05) is 42.9 Å². The molecule has 2 aromatic rings. The van der Waals surface area contributed by atoms with Crippen LogP contribution in [0, 0.1) is 5.92 Å². The van der Waals surface area contributed by atoms with Crippen molar-refractivity contribution >= 4 is 6.03 Å². The highest BCUT2D eigenvalue weighted by atomic mass is 16.3. The van der Waals surface area contributed by atoms with Gasteiger partial charge in [-0.3, -0.25) is 4.98 Å². The Morgan fingerprint density at radius 1 is 1.12 bits per heavy atom. The van der Waals surface area contributed by atoms with E-state index in [1.807, 2.05) is 36.4 Å². The van der Waals surface area contributed by atoms with E-state index < -0.39 is 0 Å². The van der Waals surface area contributed by atoms with Gasteiger partial charge in [0.25, 0.3) is 0 Å². The summed E-state index contributed by atoms with van der Waals surface area (Å²) in [6.45, 7) is 5.14. The zero-order valence-electron chi connectivity index (χ0n) is 14.9. The summed E-state index contributed by atoms with van der Waals surface area (Å²) in [5.41, 5.74) is 1.94. The lowest BCUT2D eigenvalue weighted by Crippen LogP contribution is -2.44. The molecule has 0 radical (unpaired) electrons. The monoisotopic (exact) mass is 341 g/mol. The molecule has 0 aliphatic heterocycles. The van der Waals surface area contributed by atoms with Gasteiger partial charge in [-0.05, 0) is 24.1 Å². The zero-order valence-corrected chi connectivity index (χ0v) is 14.9. The van der Waals surface area contributed by atoms with Crippen LogP contribution in [0.25, 0.3) is 0 Å². The predicted molar refractivity (Wildman–Crippen MR) is 99.4 cm³/mol. The average Bonchev–Trinajstić information content (AvgIpc) is 2.65. The lowest BCUT2D eigenvalue weighted by molar-refractivity contribution is 0.212. The molecule has 1 heterocycles. The van der Waals surface area contributed by atoms with Crippen molar-refractivity contribution in [3.63, 3.8) is 0 Å². The van der Waals surface area contributed by atoms with Crippen molar-refractivity contribution in [3.05, 3.63) is 66.0 Å². The molecular formula is C20H27N3O2. The van der Waals surface area contributed by atoms with Gasteiger partial charge in [0.2, 0.25) is 0 Å². The molecule has 5 nitrogen and oxygen atoms in total.